The SMILES string of the molecule is CCc1nncn1CCNC(=NCCc1ccc(F)cc1)NC1CCCCC1.I. The van der Waals surface area contributed by atoms with Crippen LogP contribution in [0.2, 0.25) is 0 Å². The van der Waals surface area contributed by atoms with Crippen LogP contribution >= 0.6 is 24.0 Å². The highest BCUT2D eigenvalue weighted by molar-refractivity contribution is 14.0. The largest absolute Gasteiger partial charge is 0.355 e. The molecular weight excluding hydrogens is 482 g/mol. The summed E-state index contributed by atoms with van der Waals surface area (Å²) in [4.78, 5) is 4.76. The monoisotopic (exact) mass is 514 g/mol. The summed E-state index contributed by atoms with van der Waals surface area (Å²) < 4.78 is 15.1. The molecule has 1 aliphatic rings. The minimum atomic E-state index is -0.200. The van der Waals surface area contributed by atoms with Crippen molar-refractivity contribution in [1.29, 1.82) is 0 Å². The molecule has 1 fully saturated rings. The van der Waals surface area contributed by atoms with E-state index in [9.17, 15) is 4.39 Å². The zero-order chi connectivity index (χ0) is 19.6. The molecule has 2 aromatic rings. The summed E-state index contributed by atoms with van der Waals surface area (Å²) >= 11 is 0. The fraction of sp³-hybridized carbons (Fsp3) is 0.571. The first-order valence-electron chi connectivity index (χ1n) is 10.4. The Morgan fingerprint density at radius 2 is 1.97 bits per heavy atom. The first-order valence-corrected chi connectivity index (χ1v) is 10.4. The van der Waals surface area contributed by atoms with Crippen LogP contribution in [0.3, 0.4) is 0 Å². The molecule has 0 amide bonds. The van der Waals surface area contributed by atoms with E-state index < -0.39 is 0 Å². The van der Waals surface area contributed by atoms with Gasteiger partial charge in [0, 0.05) is 32.1 Å². The standard InChI is InChI=1S/C21H31FN6.HI/c1-2-20-27-25-16-28(20)15-14-24-21(26-19-6-4-3-5-7-19)23-13-12-17-8-10-18(22)11-9-17;/h8-11,16,19H,2-7,12-15H2,1H3,(H2,23,24,26);1H. The van der Waals surface area contributed by atoms with Crippen LogP contribution in [-0.4, -0.2) is 39.9 Å². The zero-order valence-corrected chi connectivity index (χ0v) is 19.4. The van der Waals surface area contributed by atoms with Gasteiger partial charge in [0.05, 0.1) is 0 Å². The Hall–Kier alpha value is -1.71. The van der Waals surface area contributed by atoms with Gasteiger partial charge in [0.1, 0.15) is 18.0 Å². The maximum Gasteiger partial charge on any atom is 0.191 e. The second-order valence-corrected chi connectivity index (χ2v) is 7.31. The molecule has 1 aromatic carbocycles. The Labute approximate surface area is 189 Å². The molecule has 1 heterocycles. The van der Waals surface area contributed by atoms with Gasteiger partial charge in [-0.2, -0.15) is 0 Å². The Bertz CT molecular complexity index is 740. The Morgan fingerprint density at radius 3 is 2.69 bits per heavy atom. The van der Waals surface area contributed by atoms with E-state index >= 15 is 0 Å². The average Bonchev–Trinajstić information content (AvgIpc) is 3.17. The third kappa shape index (κ3) is 7.91. The normalized spacial score (nSPS) is 15.0. The number of hydrogen-bond donors (Lipinski definition) is 2. The second kappa shape index (κ2) is 12.8. The fourth-order valence-electron chi connectivity index (χ4n) is 3.57. The van der Waals surface area contributed by atoms with Gasteiger partial charge < -0.3 is 15.2 Å². The topological polar surface area (TPSA) is 67.1 Å². The number of nitrogens with zero attached hydrogens (tertiary/aromatic N) is 4. The number of hydrogen-bond acceptors (Lipinski definition) is 3. The average molecular weight is 514 g/mol. The lowest BCUT2D eigenvalue weighted by Crippen LogP contribution is -2.45. The van der Waals surface area contributed by atoms with Gasteiger partial charge in [-0.15, -0.1) is 34.2 Å². The zero-order valence-electron chi connectivity index (χ0n) is 17.1. The van der Waals surface area contributed by atoms with Crippen molar-refractivity contribution in [2.45, 2.75) is 64.5 Å². The number of aromatic nitrogens is 3. The highest BCUT2D eigenvalue weighted by atomic mass is 127. The lowest BCUT2D eigenvalue weighted by atomic mass is 9.96. The minimum absolute atomic E-state index is 0. The summed E-state index contributed by atoms with van der Waals surface area (Å²) in [6.07, 6.45) is 9.73. The number of aliphatic imine (C=N–C) groups is 1. The third-order valence-electron chi connectivity index (χ3n) is 5.19. The quantitative estimate of drug-likeness (QED) is 0.320. The van der Waals surface area contributed by atoms with Crippen molar-refractivity contribution in [3.63, 3.8) is 0 Å². The molecule has 1 aromatic heterocycles. The van der Waals surface area contributed by atoms with Crippen LogP contribution in [0, 0.1) is 5.82 Å². The molecule has 1 saturated carbocycles. The summed E-state index contributed by atoms with van der Waals surface area (Å²) in [6.45, 7) is 4.32. The molecule has 1 aliphatic carbocycles. The molecule has 0 aliphatic heterocycles. The number of nitrogens with one attached hydrogen (secondary N) is 2. The molecule has 0 unspecified atom stereocenters. The van der Waals surface area contributed by atoms with E-state index in [2.05, 4.69) is 32.3 Å². The van der Waals surface area contributed by atoms with Gasteiger partial charge in [-0.05, 0) is 37.0 Å². The van der Waals surface area contributed by atoms with E-state index in [1.54, 1.807) is 6.33 Å². The molecule has 0 bridgehead atoms. The number of halogens is 2. The van der Waals surface area contributed by atoms with E-state index in [1.807, 2.05) is 12.1 Å². The molecule has 0 radical (unpaired) electrons. The van der Waals surface area contributed by atoms with Crippen LogP contribution in [0.15, 0.2) is 35.6 Å². The van der Waals surface area contributed by atoms with Gasteiger partial charge >= 0.3 is 0 Å². The van der Waals surface area contributed by atoms with Gasteiger partial charge in [0.25, 0.3) is 0 Å². The lowest BCUT2D eigenvalue weighted by Gasteiger charge is -2.25. The highest BCUT2D eigenvalue weighted by Gasteiger charge is 2.14. The van der Waals surface area contributed by atoms with Crippen LogP contribution in [0.5, 0.6) is 0 Å². The summed E-state index contributed by atoms with van der Waals surface area (Å²) in [6, 6.07) is 7.15. The van der Waals surface area contributed by atoms with Crippen molar-refractivity contribution in [3.8, 4) is 0 Å². The van der Waals surface area contributed by atoms with Crippen LogP contribution in [0.1, 0.15) is 50.4 Å². The summed E-state index contributed by atoms with van der Waals surface area (Å²) in [5, 5.41) is 15.2. The summed E-state index contributed by atoms with van der Waals surface area (Å²) in [7, 11) is 0. The molecule has 8 heteroatoms. The second-order valence-electron chi connectivity index (χ2n) is 7.31. The molecule has 0 atom stereocenters. The molecule has 29 heavy (non-hydrogen) atoms. The molecule has 3 rings (SSSR count). The molecular formula is C21H32FIN6. The first-order chi connectivity index (χ1) is 13.7. The van der Waals surface area contributed by atoms with Crippen molar-refractivity contribution in [1.82, 2.24) is 25.4 Å². The number of aryl methyl sites for hydroxylation is 1. The molecule has 0 saturated heterocycles. The van der Waals surface area contributed by atoms with Crippen molar-refractivity contribution >= 4 is 29.9 Å². The van der Waals surface area contributed by atoms with Crippen LogP contribution in [0.4, 0.5) is 4.39 Å². The minimum Gasteiger partial charge on any atom is -0.355 e. The van der Waals surface area contributed by atoms with Gasteiger partial charge in [0.15, 0.2) is 5.96 Å². The predicted octanol–water partition coefficient (Wildman–Crippen LogP) is 3.71. The third-order valence-corrected chi connectivity index (χ3v) is 5.19. The van der Waals surface area contributed by atoms with Crippen LogP contribution in [-0.2, 0) is 19.4 Å². The van der Waals surface area contributed by atoms with Crippen LogP contribution in [0.25, 0.3) is 0 Å². The van der Waals surface area contributed by atoms with Gasteiger partial charge in [-0.1, -0.05) is 38.3 Å². The predicted molar refractivity (Wildman–Crippen MR) is 125 cm³/mol. The smallest absolute Gasteiger partial charge is 0.191 e. The number of benzene rings is 1. The van der Waals surface area contributed by atoms with Gasteiger partial charge in [-0.3, -0.25) is 4.99 Å². The van der Waals surface area contributed by atoms with E-state index in [1.165, 1.54) is 44.2 Å². The Balaban J connectivity index is 0.00000300. The van der Waals surface area contributed by atoms with Gasteiger partial charge in [0.2, 0.25) is 0 Å². The molecule has 6 nitrogen and oxygen atoms in total. The van der Waals surface area contributed by atoms with Crippen molar-refractivity contribution in [2.24, 2.45) is 4.99 Å². The number of rotatable bonds is 8. The Morgan fingerprint density at radius 1 is 1.21 bits per heavy atom. The summed E-state index contributed by atoms with van der Waals surface area (Å²) in [5.74, 6) is 1.66. The maximum absolute atomic E-state index is 13.0. The summed E-state index contributed by atoms with van der Waals surface area (Å²) in [5.41, 5.74) is 1.10. The van der Waals surface area contributed by atoms with Crippen molar-refractivity contribution < 1.29 is 4.39 Å². The van der Waals surface area contributed by atoms with E-state index in [0.29, 0.717) is 12.6 Å². The molecule has 2 N–H and O–H groups in total. The van der Waals surface area contributed by atoms with Crippen molar-refractivity contribution in [3.05, 3.63) is 47.8 Å². The van der Waals surface area contributed by atoms with E-state index in [4.69, 9.17) is 4.99 Å². The fourth-order valence-corrected chi connectivity index (χ4v) is 3.57. The van der Waals surface area contributed by atoms with Crippen molar-refractivity contribution in [2.75, 3.05) is 13.1 Å². The van der Waals surface area contributed by atoms with Gasteiger partial charge in [-0.25, -0.2) is 4.39 Å². The lowest BCUT2D eigenvalue weighted by molar-refractivity contribution is 0.409. The van der Waals surface area contributed by atoms with Crippen LogP contribution < -0.4 is 10.6 Å². The highest BCUT2D eigenvalue weighted by Crippen LogP contribution is 2.17. The Kier molecular flexibility index (Phi) is 10.4. The molecule has 160 valence electrons. The van der Waals surface area contributed by atoms with E-state index in [0.717, 1.165) is 43.3 Å². The van der Waals surface area contributed by atoms with E-state index in [-0.39, 0.29) is 29.8 Å². The number of guanidine groups is 1. The maximum atomic E-state index is 13.0. The molecule has 0 spiro atoms. The first kappa shape index (κ1) is 23.6.